The smallest absolute Gasteiger partial charge is 0.282 e. The van der Waals surface area contributed by atoms with Gasteiger partial charge in [-0.3, -0.25) is 9.11 Å². The van der Waals surface area contributed by atoms with E-state index in [1.54, 1.807) is 24.3 Å². The van der Waals surface area contributed by atoms with Crippen LogP contribution in [0.2, 0.25) is 0 Å². The minimum absolute atomic E-state index is 0.145. The summed E-state index contributed by atoms with van der Waals surface area (Å²) in [4.78, 5) is -1.78. The van der Waals surface area contributed by atoms with Crippen LogP contribution in [-0.4, -0.2) is 32.5 Å². The highest BCUT2D eigenvalue weighted by Gasteiger charge is 2.29. The fourth-order valence-corrected chi connectivity index (χ4v) is 4.20. The molecule has 0 aliphatic heterocycles. The molecular formula is C14H17N2O6S2+. The van der Waals surface area contributed by atoms with Crippen LogP contribution in [0, 0.1) is 0 Å². The van der Waals surface area contributed by atoms with Crippen molar-refractivity contribution in [1.29, 1.82) is 0 Å². The Bertz CT molecular complexity index is 927. The molecular weight excluding hydrogens is 356 g/mol. The second-order valence-electron chi connectivity index (χ2n) is 4.91. The Kier molecular flexibility index (Phi) is 5.26. The predicted molar refractivity (Wildman–Crippen MR) is 87.3 cm³/mol. The van der Waals surface area contributed by atoms with E-state index < -0.39 is 30.0 Å². The molecule has 0 aliphatic rings. The van der Waals surface area contributed by atoms with E-state index in [9.17, 15) is 25.9 Å². The molecule has 2 rings (SSSR count). The molecule has 0 saturated carbocycles. The molecule has 0 aromatic heterocycles. The first-order valence-electron chi connectivity index (χ1n) is 6.91. The Hall–Kier alpha value is -1.98. The van der Waals surface area contributed by atoms with Crippen molar-refractivity contribution in [1.82, 2.24) is 0 Å². The van der Waals surface area contributed by atoms with Crippen LogP contribution in [0.4, 0.5) is 11.4 Å². The lowest BCUT2D eigenvalue weighted by molar-refractivity contribution is -0.806. The first kappa shape index (κ1) is 18.4. The quantitative estimate of drug-likeness (QED) is 0.435. The van der Waals surface area contributed by atoms with Gasteiger partial charge < -0.3 is 0 Å². The summed E-state index contributed by atoms with van der Waals surface area (Å²) in [5.74, 6) is 0. The van der Waals surface area contributed by atoms with E-state index in [0.29, 0.717) is 11.6 Å². The highest BCUT2D eigenvalue weighted by atomic mass is 32.2. The van der Waals surface area contributed by atoms with E-state index in [0.717, 1.165) is 11.8 Å². The first-order chi connectivity index (χ1) is 11.1. The van der Waals surface area contributed by atoms with Gasteiger partial charge in [-0.1, -0.05) is 24.3 Å². The Morgan fingerprint density at radius 1 is 0.917 bits per heavy atom. The number of anilines is 1. The summed E-state index contributed by atoms with van der Waals surface area (Å²) in [5.41, 5.74) is 3.47. The van der Waals surface area contributed by atoms with Crippen LogP contribution in [0.5, 0.6) is 0 Å². The molecule has 1 unspecified atom stereocenters. The van der Waals surface area contributed by atoms with Crippen molar-refractivity contribution >= 4 is 31.6 Å². The maximum Gasteiger partial charge on any atom is 0.298 e. The number of nitrogens with one attached hydrogen (secondary N) is 2. The molecule has 0 saturated heterocycles. The van der Waals surface area contributed by atoms with Crippen LogP contribution in [0.1, 0.15) is 6.92 Å². The lowest BCUT2D eigenvalue weighted by atomic mass is 10.3. The van der Waals surface area contributed by atoms with Crippen molar-refractivity contribution < 1.29 is 31.0 Å². The lowest BCUT2D eigenvalue weighted by Gasteiger charge is -2.20. The fraction of sp³-hybridized carbons (Fsp3) is 0.143. The third kappa shape index (κ3) is 4.10. The van der Waals surface area contributed by atoms with E-state index in [1.807, 2.05) is 13.0 Å². The average molecular weight is 373 g/mol. The van der Waals surface area contributed by atoms with E-state index in [-0.39, 0.29) is 5.69 Å². The summed E-state index contributed by atoms with van der Waals surface area (Å²) in [7, 11) is -9.73. The van der Waals surface area contributed by atoms with E-state index >= 15 is 0 Å². The minimum Gasteiger partial charge on any atom is -0.282 e. The maximum absolute atomic E-state index is 11.7. The second kappa shape index (κ2) is 6.87. The largest absolute Gasteiger partial charge is 0.298 e. The summed E-state index contributed by atoms with van der Waals surface area (Å²) >= 11 is 0. The van der Waals surface area contributed by atoms with Crippen LogP contribution >= 0.6 is 0 Å². The van der Waals surface area contributed by atoms with Gasteiger partial charge in [-0.05, 0) is 19.1 Å². The SMILES string of the molecule is CC[NH+](Nc1cccc(S(=O)(=O)O)c1S(=O)(=O)O)c1ccccc1. The van der Waals surface area contributed by atoms with E-state index in [2.05, 4.69) is 5.43 Å². The molecule has 0 aliphatic carbocycles. The summed E-state index contributed by atoms with van der Waals surface area (Å²) < 4.78 is 64.8. The molecule has 8 nitrogen and oxygen atoms in total. The molecule has 0 heterocycles. The molecule has 24 heavy (non-hydrogen) atoms. The number of quaternary nitrogens is 1. The molecule has 0 bridgehead atoms. The van der Waals surface area contributed by atoms with E-state index in [4.69, 9.17) is 0 Å². The maximum atomic E-state index is 11.7. The van der Waals surface area contributed by atoms with Gasteiger partial charge in [-0.2, -0.15) is 16.8 Å². The molecule has 10 heteroatoms. The number of hydrogen-bond acceptors (Lipinski definition) is 5. The molecule has 0 spiro atoms. The van der Waals surface area contributed by atoms with Crippen molar-refractivity contribution in [3.05, 3.63) is 48.5 Å². The average Bonchev–Trinajstić information content (AvgIpc) is 2.51. The van der Waals surface area contributed by atoms with Gasteiger partial charge in [0.2, 0.25) is 0 Å². The summed E-state index contributed by atoms with van der Waals surface area (Å²) in [6.07, 6.45) is 0. The van der Waals surface area contributed by atoms with Crippen LogP contribution in [-0.2, 0) is 20.2 Å². The fourth-order valence-electron chi connectivity index (χ4n) is 2.25. The molecule has 1 atom stereocenters. The molecule has 4 N–H and O–H groups in total. The van der Waals surface area contributed by atoms with Gasteiger partial charge in [0.25, 0.3) is 20.2 Å². The zero-order valence-electron chi connectivity index (χ0n) is 12.7. The highest BCUT2D eigenvalue weighted by Crippen LogP contribution is 2.28. The van der Waals surface area contributed by atoms with Crippen molar-refractivity contribution in [3.63, 3.8) is 0 Å². The van der Waals surface area contributed by atoms with Gasteiger partial charge in [0.15, 0.2) is 5.69 Å². The Morgan fingerprint density at radius 2 is 1.54 bits per heavy atom. The van der Waals surface area contributed by atoms with Crippen molar-refractivity contribution in [2.75, 3.05) is 12.0 Å². The standard InChI is InChI=1S/C14H16N2O6S2/c1-2-16(11-7-4-3-5-8-11)15-12-9-6-10-13(23(17,18)19)14(12)24(20,21)22/h3-10,15H,2H2,1H3,(H,17,18,19)(H,20,21,22)/p+1. The lowest BCUT2D eigenvalue weighted by Crippen LogP contribution is -3.10. The van der Waals surface area contributed by atoms with Crippen molar-refractivity contribution in [3.8, 4) is 0 Å². The van der Waals surface area contributed by atoms with Crippen molar-refractivity contribution in [2.45, 2.75) is 16.7 Å². The zero-order valence-corrected chi connectivity index (χ0v) is 14.3. The van der Waals surface area contributed by atoms with Gasteiger partial charge in [-0.15, -0.1) is 0 Å². The van der Waals surface area contributed by atoms with Gasteiger partial charge in [0, 0.05) is 12.1 Å². The topological polar surface area (TPSA) is 125 Å². The summed E-state index contributed by atoms with van der Waals surface area (Å²) in [5, 5.41) is 0.619. The second-order valence-corrected chi connectivity index (χ2v) is 7.65. The van der Waals surface area contributed by atoms with Crippen LogP contribution in [0.15, 0.2) is 58.3 Å². The Balaban J connectivity index is 2.59. The molecule has 0 radical (unpaired) electrons. The molecule has 2 aromatic rings. The molecule has 0 amide bonds. The highest BCUT2D eigenvalue weighted by molar-refractivity contribution is 7.89. The van der Waals surface area contributed by atoms with Crippen LogP contribution in [0.3, 0.4) is 0 Å². The third-order valence-electron chi connectivity index (χ3n) is 3.28. The van der Waals surface area contributed by atoms with E-state index in [1.165, 1.54) is 12.1 Å². The number of para-hydroxylation sites is 1. The third-order valence-corrected chi connectivity index (χ3v) is 5.26. The normalized spacial score (nSPS) is 13.5. The minimum atomic E-state index is -4.90. The molecule has 130 valence electrons. The van der Waals surface area contributed by atoms with Crippen LogP contribution in [0.25, 0.3) is 0 Å². The van der Waals surface area contributed by atoms with Gasteiger partial charge in [-0.25, -0.2) is 10.4 Å². The van der Waals surface area contributed by atoms with Crippen LogP contribution < -0.4 is 10.4 Å². The predicted octanol–water partition coefficient (Wildman–Crippen LogP) is 0.743. The van der Waals surface area contributed by atoms with Gasteiger partial charge in [0.1, 0.15) is 22.0 Å². The monoisotopic (exact) mass is 373 g/mol. The molecule has 2 aromatic carbocycles. The number of rotatable bonds is 6. The summed E-state index contributed by atoms with van der Waals surface area (Å²) in [6, 6.07) is 12.5. The number of benzene rings is 2. The van der Waals surface area contributed by atoms with Gasteiger partial charge >= 0.3 is 0 Å². The first-order valence-corrected chi connectivity index (χ1v) is 9.79. The Morgan fingerprint density at radius 3 is 2.04 bits per heavy atom. The van der Waals surface area contributed by atoms with Gasteiger partial charge in [0.05, 0.1) is 0 Å². The number of hydrogen-bond donors (Lipinski definition) is 4. The zero-order chi connectivity index (χ0) is 18.0. The Labute approximate surface area is 140 Å². The summed E-state index contributed by atoms with van der Waals surface area (Å²) in [6.45, 7) is 2.32. The van der Waals surface area contributed by atoms with Crippen molar-refractivity contribution in [2.24, 2.45) is 0 Å². The molecule has 0 fully saturated rings.